The minimum absolute atomic E-state index is 0.00453. The van der Waals surface area contributed by atoms with E-state index in [2.05, 4.69) is 31.3 Å². The number of nitrogens with one attached hydrogen (secondary N) is 1. The Hall–Kier alpha value is -2.18. The zero-order valence-electron chi connectivity index (χ0n) is 17.1. The maximum absolute atomic E-state index is 11.7. The summed E-state index contributed by atoms with van der Waals surface area (Å²) in [6.45, 7) is 10.1. The quantitative estimate of drug-likeness (QED) is 0.255. The lowest BCUT2D eigenvalue weighted by atomic mass is 9.82. The van der Waals surface area contributed by atoms with Gasteiger partial charge < -0.3 is 19.9 Å². The lowest BCUT2D eigenvalue weighted by Gasteiger charge is -2.50. The Labute approximate surface area is 166 Å². The summed E-state index contributed by atoms with van der Waals surface area (Å²) in [5.41, 5.74) is 1.83. The molecule has 6 heteroatoms. The first-order valence-corrected chi connectivity index (χ1v) is 9.76. The lowest BCUT2D eigenvalue weighted by Crippen LogP contribution is -2.55. The Balaban J connectivity index is 1.74. The van der Waals surface area contributed by atoms with Crippen molar-refractivity contribution in [1.82, 2.24) is 5.32 Å². The number of allylic oxidation sites excluding steroid dienone is 3. The maximum atomic E-state index is 11.7. The van der Waals surface area contributed by atoms with Gasteiger partial charge in [0.2, 0.25) is 0 Å². The summed E-state index contributed by atoms with van der Waals surface area (Å²) in [4.78, 5) is 23.3. The summed E-state index contributed by atoms with van der Waals surface area (Å²) in [5.74, 6) is -1.54. The van der Waals surface area contributed by atoms with Gasteiger partial charge in [-0.2, -0.15) is 0 Å². The largest absolute Gasteiger partial charge is 0.507 e. The van der Waals surface area contributed by atoms with E-state index < -0.39 is 17.5 Å². The van der Waals surface area contributed by atoms with Gasteiger partial charge >= 0.3 is 0 Å². The molecule has 2 N–H and O–H groups in total. The average molecular weight is 387 g/mol. The smallest absolute Gasteiger partial charge is 0.259 e. The van der Waals surface area contributed by atoms with Crippen LogP contribution in [0.3, 0.4) is 0 Å². The predicted octanol–water partition coefficient (Wildman–Crippen LogP) is 3.12. The third-order valence-electron chi connectivity index (χ3n) is 5.93. The average Bonchev–Trinajstić information content (AvgIpc) is 2.97. The van der Waals surface area contributed by atoms with Crippen LogP contribution in [0.2, 0.25) is 0 Å². The number of hydrogen-bond acceptors (Lipinski definition) is 5. The fourth-order valence-electron chi connectivity index (χ4n) is 4.10. The van der Waals surface area contributed by atoms with Crippen molar-refractivity contribution < 1.29 is 24.2 Å². The number of fused-ring (bicyclic) bond motifs is 2. The van der Waals surface area contributed by atoms with Crippen molar-refractivity contribution in [2.45, 2.75) is 59.0 Å². The molecule has 0 aromatic heterocycles. The summed E-state index contributed by atoms with van der Waals surface area (Å²) >= 11 is 0. The van der Waals surface area contributed by atoms with E-state index in [1.807, 2.05) is 20.8 Å². The van der Waals surface area contributed by atoms with Crippen LogP contribution in [-0.2, 0) is 19.1 Å². The zero-order chi connectivity index (χ0) is 20.6. The lowest BCUT2D eigenvalue weighted by molar-refractivity contribution is -0.318. The van der Waals surface area contributed by atoms with Gasteiger partial charge in [-0.05, 0) is 38.8 Å². The summed E-state index contributed by atoms with van der Waals surface area (Å²) in [5, 5.41) is 12.5. The van der Waals surface area contributed by atoms with Crippen LogP contribution >= 0.6 is 0 Å². The van der Waals surface area contributed by atoms with Crippen molar-refractivity contribution in [3.63, 3.8) is 0 Å². The van der Waals surface area contributed by atoms with Crippen LogP contribution in [0, 0.1) is 11.8 Å². The number of aliphatic hydroxyl groups excluding tert-OH is 1. The fourth-order valence-corrected chi connectivity index (χ4v) is 4.10. The third-order valence-corrected chi connectivity index (χ3v) is 5.93. The van der Waals surface area contributed by atoms with Gasteiger partial charge in [0.1, 0.15) is 11.3 Å². The van der Waals surface area contributed by atoms with Crippen molar-refractivity contribution in [2.75, 3.05) is 6.54 Å². The van der Waals surface area contributed by atoms with Crippen molar-refractivity contribution in [3.05, 3.63) is 46.8 Å². The highest BCUT2D eigenvalue weighted by Crippen LogP contribution is 2.43. The van der Waals surface area contributed by atoms with Crippen LogP contribution in [0.15, 0.2) is 46.8 Å². The second kappa shape index (κ2) is 7.68. The molecule has 0 saturated carbocycles. The third kappa shape index (κ3) is 3.84. The first-order chi connectivity index (χ1) is 13.1. The van der Waals surface area contributed by atoms with E-state index in [0.717, 1.165) is 17.6 Å². The molecule has 3 aliphatic rings. The molecule has 1 amide bonds. The number of amides is 1. The van der Waals surface area contributed by atoms with Crippen LogP contribution in [-0.4, -0.2) is 41.3 Å². The van der Waals surface area contributed by atoms with Crippen molar-refractivity contribution in [2.24, 2.45) is 11.8 Å². The van der Waals surface area contributed by atoms with Gasteiger partial charge in [-0.3, -0.25) is 9.59 Å². The number of aliphatic hydroxyl groups is 1. The van der Waals surface area contributed by atoms with Gasteiger partial charge in [0.25, 0.3) is 5.91 Å². The SMILES string of the molecule is CC1=CCC2O[C@]1(C)OC([C@H](C)/C=C(C)/C=C/C(O)=C1/C(=O)CNC1=O)[C@H]2C. The normalized spacial score (nSPS) is 36.4. The summed E-state index contributed by atoms with van der Waals surface area (Å²) < 4.78 is 12.5. The van der Waals surface area contributed by atoms with E-state index >= 15 is 0 Å². The molecule has 0 radical (unpaired) electrons. The first-order valence-electron chi connectivity index (χ1n) is 9.76. The van der Waals surface area contributed by atoms with Gasteiger partial charge in [-0.15, -0.1) is 0 Å². The van der Waals surface area contributed by atoms with Crippen LogP contribution < -0.4 is 5.32 Å². The predicted molar refractivity (Wildman–Crippen MR) is 105 cm³/mol. The number of carbonyl (C=O) groups is 2. The minimum atomic E-state index is -0.676. The molecule has 2 fully saturated rings. The molecule has 5 atom stereocenters. The standard InChI is InChI=1S/C22H29NO5/c1-12(6-8-16(24)19-17(25)11-23-21(19)26)10-13(2)20-15(4)18-9-7-14(3)22(5,27-18)28-20/h6-8,10,13,15,18,20,24H,9,11H2,1-5H3,(H,23,26)/b8-6+,12-10+,19-16+/t13-,15+,18?,20?,22-/m1/s1. The number of hydrogen-bond donors (Lipinski definition) is 2. The molecule has 3 rings (SSSR count). The number of carbonyl (C=O) groups excluding carboxylic acids is 2. The molecule has 0 spiro atoms. The van der Waals surface area contributed by atoms with E-state index in [-0.39, 0.29) is 41.9 Å². The van der Waals surface area contributed by atoms with Crippen molar-refractivity contribution >= 4 is 11.7 Å². The van der Waals surface area contributed by atoms with Crippen LogP contribution in [0.25, 0.3) is 0 Å². The highest BCUT2D eigenvalue weighted by molar-refractivity contribution is 6.25. The van der Waals surface area contributed by atoms with E-state index in [4.69, 9.17) is 9.47 Å². The van der Waals surface area contributed by atoms with Gasteiger partial charge in [-0.1, -0.05) is 37.6 Å². The molecule has 3 heterocycles. The molecule has 0 aromatic carbocycles. The van der Waals surface area contributed by atoms with Crippen molar-refractivity contribution in [3.8, 4) is 0 Å². The number of ether oxygens (including phenoxy) is 2. The number of ketones is 1. The van der Waals surface area contributed by atoms with Crippen LogP contribution in [0.5, 0.6) is 0 Å². The molecule has 6 nitrogen and oxygen atoms in total. The molecular weight excluding hydrogens is 358 g/mol. The molecule has 28 heavy (non-hydrogen) atoms. The summed E-state index contributed by atoms with van der Waals surface area (Å²) in [6, 6.07) is 0. The molecule has 0 aliphatic carbocycles. The Bertz CT molecular complexity index is 788. The van der Waals surface area contributed by atoms with Crippen LogP contribution in [0.4, 0.5) is 0 Å². The second-order valence-electron chi connectivity index (χ2n) is 8.14. The van der Waals surface area contributed by atoms with E-state index in [0.29, 0.717) is 0 Å². The summed E-state index contributed by atoms with van der Waals surface area (Å²) in [6.07, 6.45) is 8.42. The van der Waals surface area contributed by atoms with Gasteiger partial charge in [-0.25, -0.2) is 0 Å². The van der Waals surface area contributed by atoms with E-state index in [9.17, 15) is 14.7 Å². The Kier molecular flexibility index (Phi) is 5.64. The Morgan fingerprint density at radius 3 is 2.71 bits per heavy atom. The second-order valence-corrected chi connectivity index (χ2v) is 8.14. The highest BCUT2D eigenvalue weighted by atomic mass is 16.7. The molecule has 3 aliphatic heterocycles. The molecular formula is C22H29NO5. The first kappa shape index (κ1) is 20.6. The fraction of sp³-hybridized carbons (Fsp3) is 0.545. The Morgan fingerprint density at radius 1 is 1.36 bits per heavy atom. The van der Waals surface area contributed by atoms with Gasteiger partial charge in [0, 0.05) is 11.8 Å². The summed E-state index contributed by atoms with van der Waals surface area (Å²) in [7, 11) is 0. The van der Waals surface area contributed by atoms with Gasteiger partial charge in [0.05, 0.1) is 18.8 Å². The Morgan fingerprint density at radius 2 is 2.07 bits per heavy atom. The molecule has 2 unspecified atom stereocenters. The molecule has 0 aromatic rings. The van der Waals surface area contributed by atoms with Gasteiger partial charge in [0.15, 0.2) is 11.6 Å². The zero-order valence-corrected chi connectivity index (χ0v) is 17.1. The van der Waals surface area contributed by atoms with E-state index in [1.165, 1.54) is 6.08 Å². The molecule has 152 valence electrons. The monoisotopic (exact) mass is 387 g/mol. The number of Topliss-reactive ketones (excluding diaryl/α,β-unsaturated/α-hetero) is 1. The maximum Gasteiger partial charge on any atom is 0.259 e. The van der Waals surface area contributed by atoms with E-state index in [1.54, 1.807) is 6.08 Å². The molecule has 2 saturated heterocycles. The topological polar surface area (TPSA) is 84.9 Å². The molecule has 2 bridgehead atoms. The number of rotatable bonds is 4. The van der Waals surface area contributed by atoms with Crippen molar-refractivity contribution in [1.29, 1.82) is 0 Å². The minimum Gasteiger partial charge on any atom is -0.507 e. The van der Waals surface area contributed by atoms with Crippen LogP contribution in [0.1, 0.15) is 41.0 Å². The highest BCUT2D eigenvalue weighted by Gasteiger charge is 2.47.